The van der Waals surface area contributed by atoms with E-state index in [4.69, 9.17) is 14.2 Å². The van der Waals surface area contributed by atoms with Crippen molar-refractivity contribution in [2.75, 3.05) is 21.3 Å². The number of hydrogen-bond donors (Lipinski definition) is 0. The van der Waals surface area contributed by atoms with Gasteiger partial charge in [0.1, 0.15) is 5.75 Å². The topological polar surface area (TPSA) is 44.8 Å². The second kappa shape index (κ2) is 9.06. The van der Waals surface area contributed by atoms with Crippen molar-refractivity contribution < 1.29 is 19.0 Å². The van der Waals surface area contributed by atoms with Gasteiger partial charge >= 0.3 is 0 Å². The zero-order chi connectivity index (χ0) is 21.8. The zero-order valence-corrected chi connectivity index (χ0v) is 18.4. The van der Waals surface area contributed by atoms with Gasteiger partial charge in [0.25, 0.3) is 0 Å². The Hall–Kier alpha value is -3.57. The van der Waals surface area contributed by atoms with Crippen molar-refractivity contribution in [3.63, 3.8) is 0 Å². The lowest BCUT2D eigenvalue weighted by Gasteiger charge is -2.08. The van der Waals surface area contributed by atoms with Crippen LogP contribution in [0.5, 0.6) is 17.2 Å². The van der Waals surface area contributed by atoms with Crippen molar-refractivity contribution in [3.8, 4) is 27.7 Å². The molecule has 0 N–H and O–H groups in total. The molecular weight excluding hydrogens is 408 g/mol. The maximum Gasteiger partial charge on any atom is 0.185 e. The Bertz CT molecular complexity index is 1240. The Balaban J connectivity index is 1.65. The molecule has 0 spiro atoms. The van der Waals surface area contributed by atoms with Crippen LogP contribution in [0.15, 0.2) is 72.8 Å². The van der Waals surface area contributed by atoms with Crippen LogP contribution in [0.2, 0.25) is 0 Å². The van der Waals surface area contributed by atoms with Crippen molar-refractivity contribution in [1.29, 1.82) is 0 Å². The first-order valence-electron chi connectivity index (χ1n) is 9.74. The fraction of sp³-hybridized carbons (Fsp3) is 0.115. The first kappa shape index (κ1) is 20.7. The molecule has 0 aliphatic carbocycles. The Morgan fingerprint density at radius 2 is 1.55 bits per heavy atom. The summed E-state index contributed by atoms with van der Waals surface area (Å²) in [7, 11) is 4.74. The van der Waals surface area contributed by atoms with Crippen molar-refractivity contribution in [2.45, 2.75) is 0 Å². The van der Waals surface area contributed by atoms with Crippen molar-refractivity contribution in [1.82, 2.24) is 0 Å². The van der Waals surface area contributed by atoms with Crippen LogP contribution < -0.4 is 14.2 Å². The Kier molecular flexibility index (Phi) is 6.05. The molecule has 0 atom stereocenters. The first-order chi connectivity index (χ1) is 15.1. The molecule has 5 heteroatoms. The third kappa shape index (κ3) is 4.32. The molecular formula is C26H22O4S. The molecule has 0 fully saturated rings. The molecule has 0 aliphatic heterocycles. The number of fused-ring (bicyclic) bond motifs is 1. The number of allylic oxidation sites excluding steroid dienone is 1. The van der Waals surface area contributed by atoms with Crippen molar-refractivity contribution in [3.05, 3.63) is 83.9 Å². The van der Waals surface area contributed by atoms with Gasteiger partial charge in [-0.25, -0.2) is 0 Å². The third-order valence-corrected chi connectivity index (χ3v) is 6.19. The first-order valence-corrected chi connectivity index (χ1v) is 10.6. The molecule has 1 aromatic heterocycles. The van der Waals surface area contributed by atoms with Gasteiger partial charge in [-0.05, 0) is 71.6 Å². The van der Waals surface area contributed by atoms with Crippen LogP contribution in [0.4, 0.5) is 0 Å². The highest BCUT2D eigenvalue weighted by molar-refractivity contribution is 7.22. The molecule has 0 amide bonds. The smallest absolute Gasteiger partial charge is 0.185 e. The summed E-state index contributed by atoms with van der Waals surface area (Å²) in [5.74, 6) is 1.68. The summed E-state index contributed by atoms with van der Waals surface area (Å²) >= 11 is 1.74. The van der Waals surface area contributed by atoms with Gasteiger partial charge in [0, 0.05) is 20.7 Å². The lowest BCUT2D eigenvalue weighted by Crippen LogP contribution is -1.97. The standard InChI is InChI=1S/C26H22O4S/c1-28-22-12-10-20(26-16-19-6-4-5-7-25(19)31-26)14-18(22)8-11-21(27)17-9-13-23(29-2)24(15-17)30-3/h4-16H,1-3H3/b11-8+. The van der Waals surface area contributed by atoms with Gasteiger partial charge in [0.2, 0.25) is 0 Å². The summed E-state index contributed by atoms with van der Waals surface area (Å²) in [5, 5.41) is 1.22. The zero-order valence-electron chi connectivity index (χ0n) is 17.5. The predicted octanol–water partition coefficient (Wildman–Crippen LogP) is 6.49. The molecule has 0 aliphatic rings. The molecule has 156 valence electrons. The molecule has 1 heterocycles. The van der Waals surface area contributed by atoms with Crippen LogP contribution >= 0.6 is 11.3 Å². The summed E-state index contributed by atoms with van der Waals surface area (Å²) < 4.78 is 17.3. The number of carbonyl (C=O) groups is 1. The minimum absolute atomic E-state index is 0.129. The normalized spacial score (nSPS) is 11.1. The highest BCUT2D eigenvalue weighted by Crippen LogP contribution is 2.36. The molecule has 3 aromatic carbocycles. The van der Waals surface area contributed by atoms with E-state index in [0.717, 1.165) is 11.1 Å². The fourth-order valence-electron chi connectivity index (χ4n) is 3.39. The number of carbonyl (C=O) groups excluding carboxylic acids is 1. The Morgan fingerprint density at radius 1 is 0.806 bits per heavy atom. The second-order valence-corrected chi connectivity index (χ2v) is 7.96. The van der Waals surface area contributed by atoms with E-state index in [1.54, 1.807) is 63.0 Å². The number of ketones is 1. The number of hydrogen-bond acceptors (Lipinski definition) is 5. The molecule has 0 saturated heterocycles. The quantitative estimate of drug-likeness (QED) is 0.248. The summed E-state index contributed by atoms with van der Waals surface area (Å²) in [6.07, 6.45) is 3.34. The molecule has 4 aromatic rings. The van der Waals surface area contributed by atoms with Gasteiger partial charge in [0.05, 0.1) is 21.3 Å². The van der Waals surface area contributed by atoms with Crippen molar-refractivity contribution in [2.24, 2.45) is 0 Å². The number of benzene rings is 3. The van der Waals surface area contributed by atoms with E-state index in [9.17, 15) is 4.79 Å². The van der Waals surface area contributed by atoms with Crippen LogP contribution in [0.25, 0.3) is 26.6 Å². The monoisotopic (exact) mass is 430 g/mol. The molecule has 4 rings (SSSR count). The van der Waals surface area contributed by atoms with Crippen LogP contribution in [0.1, 0.15) is 15.9 Å². The minimum Gasteiger partial charge on any atom is -0.496 e. The average molecular weight is 431 g/mol. The number of rotatable bonds is 7. The van der Waals surface area contributed by atoms with Crippen LogP contribution in [0.3, 0.4) is 0 Å². The summed E-state index contributed by atoms with van der Waals surface area (Å²) in [6.45, 7) is 0. The molecule has 31 heavy (non-hydrogen) atoms. The van der Waals surface area contributed by atoms with Gasteiger partial charge in [-0.15, -0.1) is 11.3 Å². The molecule has 0 saturated carbocycles. The SMILES string of the molecule is COc1ccc(-c2cc3ccccc3s2)cc1/C=C/C(=O)c1ccc(OC)c(OC)c1. The molecule has 0 bridgehead atoms. The summed E-state index contributed by atoms with van der Waals surface area (Å²) in [5.41, 5.74) is 2.44. The average Bonchev–Trinajstić information content (AvgIpc) is 3.26. The summed E-state index contributed by atoms with van der Waals surface area (Å²) in [4.78, 5) is 13.9. The van der Waals surface area contributed by atoms with Gasteiger partial charge in [0.15, 0.2) is 17.3 Å². The van der Waals surface area contributed by atoms with E-state index in [1.807, 2.05) is 30.3 Å². The highest BCUT2D eigenvalue weighted by Gasteiger charge is 2.10. The van der Waals surface area contributed by atoms with Crippen LogP contribution in [0, 0.1) is 0 Å². The molecule has 0 radical (unpaired) electrons. The van der Waals surface area contributed by atoms with E-state index in [0.29, 0.717) is 22.8 Å². The second-order valence-electron chi connectivity index (χ2n) is 6.87. The largest absolute Gasteiger partial charge is 0.496 e. The highest BCUT2D eigenvalue weighted by atomic mass is 32.1. The van der Waals surface area contributed by atoms with Gasteiger partial charge in [-0.2, -0.15) is 0 Å². The Morgan fingerprint density at radius 3 is 2.29 bits per heavy atom. The maximum absolute atomic E-state index is 12.7. The summed E-state index contributed by atoms with van der Waals surface area (Å²) in [6, 6.07) is 21.6. The lowest BCUT2D eigenvalue weighted by atomic mass is 10.0. The molecule has 0 unspecified atom stereocenters. The Labute approximate surface area is 185 Å². The maximum atomic E-state index is 12.7. The van der Waals surface area contributed by atoms with Gasteiger partial charge in [-0.1, -0.05) is 18.2 Å². The van der Waals surface area contributed by atoms with E-state index >= 15 is 0 Å². The van der Waals surface area contributed by atoms with Gasteiger partial charge < -0.3 is 14.2 Å². The lowest BCUT2D eigenvalue weighted by molar-refractivity contribution is 0.104. The van der Waals surface area contributed by atoms with Crippen molar-refractivity contribution >= 4 is 33.3 Å². The van der Waals surface area contributed by atoms with E-state index in [1.165, 1.54) is 15.0 Å². The van der Waals surface area contributed by atoms with Crippen LogP contribution in [-0.2, 0) is 0 Å². The molecule has 4 nitrogen and oxygen atoms in total. The van der Waals surface area contributed by atoms with E-state index in [-0.39, 0.29) is 5.78 Å². The number of methoxy groups -OCH3 is 3. The fourth-order valence-corrected chi connectivity index (χ4v) is 4.45. The van der Waals surface area contributed by atoms with Crippen LogP contribution in [-0.4, -0.2) is 27.1 Å². The minimum atomic E-state index is -0.129. The predicted molar refractivity (Wildman–Crippen MR) is 127 cm³/mol. The van der Waals surface area contributed by atoms with E-state index < -0.39 is 0 Å². The van der Waals surface area contributed by atoms with Gasteiger partial charge in [-0.3, -0.25) is 4.79 Å². The third-order valence-electron chi connectivity index (χ3n) is 5.02. The van der Waals surface area contributed by atoms with E-state index in [2.05, 4.69) is 18.2 Å². The number of ether oxygens (including phenoxy) is 3. The number of thiophene rings is 1.